The van der Waals surface area contributed by atoms with E-state index in [-0.39, 0.29) is 15.8 Å². The molecule has 2 aromatic rings. The number of sulfonamides is 1. The van der Waals surface area contributed by atoms with Crippen LogP contribution >= 0.6 is 23.4 Å². The third-order valence-electron chi connectivity index (χ3n) is 5.72. The Morgan fingerprint density at radius 1 is 1.29 bits per heavy atom. The first kappa shape index (κ1) is 21.9. The molecule has 4 N–H and O–H groups in total. The van der Waals surface area contributed by atoms with Gasteiger partial charge in [0, 0.05) is 22.9 Å². The maximum absolute atomic E-state index is 11.9. The van der Waals surface area contributed by atoms with Crippen molar-refractivity contribution in [2.75, 3.05) is 5.32 Å². The minimum atomic E-state index is -3.96. The first-order valence-corrected chi connectivity index (χ1v) is 12.1. The number of halogens is 1. The van der Waals surface area contributed by atoms with Crippen LogP contribution in [0.15, 0.2) is 52.3 Å². The van der Waals surface area contributed by atoms with E-state index < -0.39 is 44.2 Å². The summed E-state index contributed by atoms with van der Waals surface area (Å²) < 4.78 is 23.7. The van der Waals surface area contributed by atoms with Crippen molar-refractivity contribution in [2.24, 2.45) is 11.1 Å². The second-order valence-corrected chi connectivity index (χ2v) is 10.9. The van der Waals surface area contributed by atoms with Gasteiger partial charge in [-0.15, -0.1) is 23.4 Å². The molecular weight excluding hydrogens is 466 g/mol. The Balaban J connectivity index is 1.74. The van der Waals surface area contributed by atoms with E-state index in [2.05, 4.69) is 5.32 Å². The van der Waals surface area contributed by atoms with Gasteiger partial charge in [-0.25, -0.2) is 18.4 Å². The number of para-hydroxylation sites is 1. The molecule has 0 saturated heterocycles. The summed E-state index contributed by atoms with van der Waals surface area (Å²) in [6, 6.07) is 9.62. The lowest BCUT2D eigenvalue weighted by Gasteiger charge is -2.36. The number of carboxylic acids is 1. The number of benzene rings is 2. The fourth-order valence-corrected chi connectivity index (χ4v) is 6.88. The van der Waals surface area contributed by atoms with Crippen LogP contribution in [0.4, 0.5) is 11.4 Å². The van der Waals surface area contributed by atoms with Crippen LogP contribution in [0.2, 0.25) is 0 Å². The number of alkyl halides is 1. The number of nitro benzene ring substituents is 1. The van der Waals surface area contributed by atoms with E-state index in [1.807, 2.05) is 0 Å². The predicted molar refractivity (Wildman–Crippen MR) is 116 cm³/mol. The van der Waals surface area contributed by atoms with Gasteiger partial charge < -0.3 is 10.4 Å². The molecule has 2 aliphatic rings. The Bertz CT molecular complexity index is 1170. The summed E-state index contributed by atoms with van der Waals surface area (Å²) in [5, 5.41) is 28.5. The van der Waals surface area contributed by atoms with Crippen LogP contribution in [0.25, 0.3) is 0 Å². The van der Waals surface area contributed by atoms with Crippen molar-refractivity contribution in [3.05, 3.63) is 58.1 Å². The lowest BCUT2D eigenvalue weighted by molar-refractivity contribution is -0.387. The van der Waals surface area contributed by atoms with E-state index >= 15 is 0 Å². The van der Waals surface area contributed by atoms with E-state index in [0.717, 1.165) is 0 Å². The third-order valence-corrected chi connectivity index (χ3v) is 8.74. The third kappa shape index (κ3) is 3.98. The molecule has 0 bridgehead atoms. The molecule has 31 heavy (non-hydrogen) atoms. The molecule has 4 rings (SSSR count). The quantitative estimate of drug-likeness (QED) is 0.333. The van der Waals surface area contributed by atoms with Crippen LogP contribution in [0.3, 0.4) is 0 Å². The minimum Gasteiger partial charge on any atom is -0.480 e. The van der Waals surface area contributed by atoms with Crippen molar-refractivity contribution in [1.29, 1.82) is 0 Å². The number of thioether (sulfide) groups is 1. The highest BCUT2D eigenvalue weighted by Crippen LogP contribution is 2.55. The van der Waals surface area contributed by atoms with Crippen LogP contribution < -0.4 is 10.5 Å². The topological polar surface area (TPSA) is 153 Å². The number of nitrogens with two attached hydrogens (primary N) is 1. The van der Waals surface area contributed by atoms with E-state index in [4.69, 9.17) is 16.7 Å². The standard InChI is InChI=1S/C19H18ClN3O6S2/c20-17-15(30-14-4-2-1-3-13(14)23(26)27)8-11-16(17)10-7-9(31(21,28)29)5-6-12(10)22-18(11)19(24)25/h1-7,11,15-18,22H,8H2,(H,24,25)(H2,21,28,29). The van der Waals surface area contributed by atoms with Gasteiger partial charge >= 0.3 is 5.97 Å². The number of nitrogens with one attached hydrogen (secondary N) is 1. The van der Waals surface area contributed by atoms with E-state index in [1.165, 1.54) is 36.0 Å². The van der Waals surface area contributed by atoms with Crippen molar-refractivity contribution in [3.8, 4) is 0 Å². The Kier molecular flexibility index (Phi) is 5.63. The van der Waals surface area contributed by atoms with Gasteiger partial charge in [-0.1, -0.05) is 12.1 Å². The van der Waals surface area contributed by atoms with Crippen molar-refractivity contribution in [2.45, 2.75) is 38.8 Å². The molecule has 0 spiro atoms. The number of hydrogen-bond acceptors (Lipinski definition) is 7. The largest absolute Gasteiger partial charge is 0.480 e. The number of carboxylic acid groups (broad SMARTS) is 1. The van der Waals surface area contributed by atoms with Gasteiger partial charge in [-0.3, -0.25) is 10.1 Å². The SMILES string of the molecule is NS(=O)(=O)c1ccc2c(c1)C1C(Cl)C(Sc3ccccc3[N+](=O)[O-])CC1C(C(=O)O)N2. The summed E-state index contributed by atoms with van der Waals surface area (Å²) in [5.74, 6) is -1.93. The van der Waals surface area contributed by atoms with Gasteiger partial charge in [0.2, 0.25) is 10.0 Å². The number of aliphatic carboxylic acids is 1. The smallest absolute Gasteiger partial charge is 0.326 e. The highest BCUT2D eigenvalue weighted by molar-refractivity contribution is 8.00. The number of nitro groups is 1. The van der Waals surface area contributed by atoms with Gasteiger partial charge in [-0.05, 0) is 42.2 Å². The highest BCUT2D eigenvalue weighted by Gasteiger charge is 2.52. The van der Waals surface area contributed by atoms with E-state index in [9.17, 15) is 28.4 Å². The number of anilines is 1. The molecular formula is C19H18ClN3O6S2. The normalized spacial score (nSPS) is 27.1. The summed E-state index contributed by atoms with van der Waals surface area (Å²) in [7, 11) is -3.96. The fourth-order valence-electron chi connectivity index (χ4n) is 4.39. The molecule has 1 aliphatic heterocycles. The molecule has 9 nitrogen and oxygen atoms in total. The lowest BCUT2D eigenvalue weighted by atomic mass is 9.79. The fraction of sp³-hybridized carbons (Fsp3) is 0.316. The first-order chi connectivity index (χ1) is 14.6. The van der Waals surface area contributed by atoms with Crippen molar-refractivity contribution < 1.29 is 23.2 Å². The second kappa shape index (κ2) is 7.97. The van der Waals surface area contributed by atoms with Crippen LogP contribution in [-0.2, 0) is 14.8 Å². The van der Waals surface area contributed by atoms with Crippen LogP contribution in [0, 0.1) is 16.0 Å². The number of carbonyl (C=O) groups is 1. The van der Waals surface area contributed by atoms with E-state index in [0.29, 0.717) is 22.6 Å². The molecule has 0 radical (unpaired) electrons. The van der Waals surface area contributed by atoms with E-state index in [1.54, 1.807) is 18.2 Å². The maximum atomic E-state index is 11.9. The number of fused-ring (bicyclic) bond motifs is 3. The van der Waals surface area contributed by atoms with Crippen molar-refractivity contribution in [1.82, 2.24) is 0 Å². The van der Waals surface area contributed by atoms with Crippen LogP contribution in [0.1, 0.15) is 17.9 Å². The second-order valence-electron chi connectivity index (χ2n) is 7.51. The number of rotatable bonds is 5. The average Bonchev–Trinajstić information content (AvgIpc) is 3.02. The predicted octanol–water partition coefficient (Wildman–Crippen LogP) is 2.99. The molecule has 0 amide bonds. The monoisotopic (exact) mass is 483 g/mol. The summed E-state index contributed by atoms with van der Waals surface area (Å²) in [5.41, 5.74) is 1.03. The molecule has 5 atom stereocenters. The zero-order valence-electron chi connectivity index (χ0n) is 15.8. The molecule has 2 aromatic carbocycles. The molecule has 164 valence electrons. The summed E-state index contributed by atoms with van der Waals surface area (Å²) in [6.45, 7) is 0. The maximum Gasteiger partial charge on any atom is 0.326 e. The Morgan fingerprint density at radius 2 is 2.00 bits per heavy atom. The van der Waals surface area contributed by atoms with Crippen LogP contribution in [-0.4, -0.2) is 41.1 Å². The molecule has 1 fully saturated rings. The lowest BCUT2D eigenvalue weighted by Crippen LogP contribution is -2.42. The van der Waals surface area contributed by atoms with Crippen LogP contribution in [0.5, 0.6) is 0 Å². The molecule has 0 aromatic heterocycles. The molecule has 1 heterocycles. The minimum absolute atomic E-state index is 0.0453. The Hall–Kier alpha value is -2.34. The van der Waals surface area contributed by atoms with Gasteiger partial charge in [0.1, 0.15) is 6.04 Å². The zero-order valence-corrected chi connectivity index (χ0v) is 18.2. The summed E-state index contributed by atoms with van der Waals surface area (Å²) >= 11 is 8.05. The molecule has 1 aliphatic carbocycles. The van der Waals surface area contributed by atoms with Gasteiger partial charge in [0.15, 0.2) is 0 Å². The van der Waals surface area contributed by atoms with Gasteiger partial charge in [-0.2, -0.15) is 0 Å². The van der Waals surface area contributed by atoms with Crippen molar-refractivity contribution >= 4 is 50.7 Å². The highest BCUT2D eigenvalue weighted by atomic mass is 35.5. The number of hydrogen-bond donors (Lipinski definition) is 3. The first-order valence-electron chi connectivity index (χ1n) is 9.28. The van der Waals surface area contributed by atoms with Gasteiger partial charge in [0.05, 0.1) is 20.1 Å². The Labute approximate surface area is 187 Å². The number of primary sulfonamides is 1. The molecule has 5 unspecified atom stereocenters. The molecule has 1 saturated carbocycles. The van der Waals surface area contributed by atoms with Crippen molar-refractivity contribution in [3.63, 3.8) is 0 Å². The molecule has 12 heteroatoms. The Morgan fingerprint density at radius 3 is 2.65 bits per heavy atom. The van der Waals surface area contributed by atoms with Gasteiger partial charge in [0.25, 0.3) is 5.69 Å². The average molecular weight is 484 g/mol. The summed E-state index contributed by atoms with van der Waals surface area (Å²) in [4.78, 5) is 23.2. The summed E-state index contributed by atoms with van der Waals surface area (Å²) in [6.07, 6.45) is 0.387. The zero-order chi connectivity index (χ0) is 22.5. The number of nitrogens with zero attached hydrogens (tertiary/aromatic N) is 1.